The van der Waals surface area contributed by atoms with Crippen molar-refractivity contribution >= 4 is 44.9 Å². The molecule has 0 aromatic heterocycles. The Kier molecular flexibility index (Phi) is 8.01. The highest BCUT2D eigenvalue weighted by molar-refractivity contribution is 9.10. The van der Waals surface area contributed by atoms with Gasteiger partial charge in [-0.2, -0.15) is 0 Å². The van der Waals surface area contributed by atoms with Gasteiger partial charge in [0.15, 0.2) is 5.11 Å². The lowest BCUT2D eigenvalue weighted by Gasteiger charge is -2.24. The maximum atomic E-state index is 12.6. The van der Waals surface area contributed by atoms with E-state index in [-0.39, 0.29) is 11.0 Å². The minimum Gasteiger partial charge on any atom is -0.493 e. The van der Waals surface area contributed by atoms with Gasteiger partial charge in [-0.05, 0) is 84.2 Å². The van der Waals surface area contributed by atoms with Crippen molar-refractivity contribution in [1.82, 2.24) is 5.32 Å². The van der Waals surface area contributed by atoms with E-state index in [2.05, 4.69) is 38.7 Å². The fourth-order valence-corrected chi connectivity index (χ4v) is 3.25. The number of ether oxygens (including phenoxy) is 1. The predicted octanol–water partition coefficient (Wildman–Crippen LogP) is 5.76. The van der Waals surface area contributed by atoms with E-state index in [1.807, 2.05) is 58.0 Å². The van der Waals surface area contributed by atoms with Gasteiger partial charge in [-0.15, -0.1) is 0 Å². The lowest BCUT2D eigenvalue weighted by molar-refractivity contribution is -0.128. The molecule has 6 heteroatoms. The molecule has 1 amide bonds. The number of carbonyl (C=O) groups excluding carboxylic acids is 1. The number of hydrogen-bond acceptors (Lipinski definition) is 3. The number of carbonyl (C=O) groups is 1. The van der Waals surface area contributed by atoms with Crippen LogP contribution in [0.2, 0.25) is 0 Å². The summed E-state index contributed by atoms with van der Waals surface area (Å²) in [6.45, 7) is 8.49. The zero-order valence-corrected chi connectivity index (χ0v) is 19.2. The lowest BCUT2D eigenvalue weighted by atomic mass is 9.87. The number of thiocarbonyl (C=S) groups is 1. The molecule has 28 heavy (non-hydrogen) atoms. The highest BCUT2D eigenvalue weighted by atomic mass is 79.9. The van der Waals surface area contributed by atoms with Gasteiger partial charge in [-0.25, -0.2) is 0 Å². The standard InChI is InChI=1S/C22H27BrN2O2S/c1-15-10-11-16(2)19(14-15)27-13-7-12-22(3,4)20(26)25-21(28)24-18-9-6-5-8-17(18)23/h5-6,8-11,14H,7,12-13H2,1-4H3,(H2,24,25,26,28). The molecule has 0 radical (unpaired) electrons. The summed E-state index contributed by atoms with van der Waals surface area (Å²) in [5.41, 5.74) is 2.55. The van der Waals surface area contributed by atoms with Crippen LogP contribution in [0.3, 0.4) is 0 Å². The third-order valence-electron chi connectivity index (χ3n) is 4.51. The van der Waals surface area contributed by atoms with E-state index in [9.17, 15) is 4.79 Å². The van der Waals surface area contributed by atoms with Gasteiger partial charge in [0.1, 0.15) is 5.75 Å². The highest BCUT2D eigenvalue weighted by Gasteiger charge is 2.28. The van der Waals surface area contributed by atoms with Crippen LogP contribution in [0.15, 0.2) is 46.9 Å². The van der Waals surface area contributed by atoms with Gasteiger partial charge in [0.25, 0.3) is 0 Å². The Morgan fingerprint density at radius 1 is 1.18 bits per heavy atom. The topological polar surface area (TPSA) is 50.4 Å². The molecule has 0 aliphatic heterocycles. The Hall–Kier alpha value is -1.92. The van der Waals surface area contributed by atoms with Crippen molar-refractivity contribution in [1.29, 1.82) is 0 Å². The monoisotopic (exact) mass is 462 g/mol. The SMILES string of the molecule is Cc1ccc(C)c(OCCCC(C)(C)C(=O)NC(=S)Nc2ccccc2Br)c1. The second-order valence-corrected chi connectivity index (χ2v) is 8.76. The zero-order valence-electron chi connectivity index (χ0n) is 16.8. The van der Waals surface area contributed by atoms with Crippen LogP contribution in [0.25, 0.3) is 0 Å². The minimum absolute atomic E-state index is 0.108. The number of rotatable bonds is 7. The molecule has 0 aliphatic carbocycles. The average Bonchev–Trinajstić information content (AvgIpc) is 2.63. The second-order valence-electron chi connectivity index (χ2n) is 7.49. The minimum atomic E-state index is -0.551. The van der Waals surface area contributed by atoms with Gasteiger partial charge in [-0.3, -0.25) is 4.79 Å². The van der Waals surface area contributed by atoms with Gasteiger partial charge < -0.3 is 15.4 Å². The van der Waals surface area contributed by atoms with Gasteiger partial charge in [0.05, 0.1) is 12.3 Å². The van der Waals surface area contributed by atoms with E-state index < -0.39 is 5.41 Å². The Morgan fingerprint density at radius 3 is 2.61 bits per heavy atom. The second kappa shape index (κ2) is 10.0. The van der Waals surface area contributed by atoms with Gasteiger partial charge in [-0.1, -0.05) is 38.1 Å². The molecule has 2 N–H and O–H groups in total. The number of hydrogen-bond donors (Lipinski definition) is 2. The number of aryl methyl sites for hydroxylation is 2. The van der Waals surface area contributed by atoms with Crippen LogP contribution in [0, 0.1) is 19.3 Å². The van der Waals surface area contributed by atoms with Crippen molar-refractivity contribution in [2.75, 3.05) is 11.9 Å². The normalized spacial score (nSPS) is 11.0. The van der Waals surface area contributed by atoms with E-state index >= 15 is 0 Å². The molecule has 0 aliphatic rings. The number of anilines is 1. The molecule has 2 rings (SSSR count). The fraction of sp³-hybridized carbons (Fsp3) is 0.364. The zero-order chi connectivity index (χ0) is 20.7. The van der Waals surface area contributed by atoms with Crippen LogP contribution in [-0.4, -0.2) is 17.6 Å². The van der Waals surface area contributed by atoms with Crippen LogP contribution in [0.1, 0.15) is 37.8 Å². The van der Waals surface area contributed by atoms with Crippen LogP contribution in [0.4, 0.5) is 5.69 Å². The van der Waals surface area contributed by atoms with E-state index in [1.165, 1.54) is 5.56 Å². The third kappa shape index (κ3) is 6.60. The van der Waals surface area contributed by atoms with Crippen molar-refractivity contribution in [2.24, 2.45) is 5.41 Å². The lowest BCUT2D eigenvalue weighted by Crippen LogP contribution is -2.42. The molecular weight excluding hydrogens is 436 g/mol. The number of nitrogens with one attached hydrogen (secondary N) is 2. The maximum Gasteiger partial charge on any atom is 0.231 e. The molecular formula is C22H27BrN2O2S. The molecule has 0 fully saturated rings. The Bertz CT molecular complexity index is 852. The summed E-state index contributed by atoms with van der Waals surface area (Å²) >= 11 is 8.73. The van der Waals surface area contributed by atoms with Crippen LogP contribution in [-0.2, 0) is 4.79 Å². The fourth-order valence-electron chi connectivity index (χ4n) is 2.66. The molecule has 0 saturated heterocycles. The Morgan fingerprint density at radius 2 is 1.89 bits per heavy atom. The first-order valence-electron chi connectivity index (χ1n) is 9.26. The van der Waals surface area contributed by atoms with Crippen molar-refractivity contribution in [2.45, 2.75) is 40.5 Å². The average molecular weight is 463 g/mol. The largest absolute Gasteiger partial charge is 0.493 e. The first-order valence-corrected chi connectivity index (χ1v) is 10.5. The summed E-state index contributed by atoms with van der Waals surface area (Å²) in [5, 5.41) is 6.12. The molecule has 150 valence electrons. The maximum absolute atomic E-state index is 12.6. The molecule has 0 saturated carbocycles. The molecule has 0 spiro atoms. The molecule has 0 unspecified atom stereocenters. The Balaban J connectivity index is 1.81. The van der Waals surface area contributed by atoms with Crippen LogP contribution < -0.4 is 15.4 Å². The summed E-state index contributed by atoms with van der Waals surface area (Å²) in [6, 6.07) is 13.8. The third-order valence-corrected chi connectivity index (χ3v) is 5.41. The number of amides is 1. The van der Waals surface area contributed by atoms with E-state index in [0.29, 0.717) is 13.0 Å². The van der Waals surface area contributed by atoms with Crippen molar-refractivity contribution in [3.63, 3.8) is 0 Å². The number of benzene rings is 2. The smallest absolute Gasteiger partial charge is 0.231 e. The molecule has 0 atom stereocenters. The van der Waals surface area contributed by atoms with Crippen molar-refractivity contribution < 1.29 is 9.53 Å². The first kappa shape index (κ1) is 22.4. The highest BCUT2D eigenvalue weighted by Crippen LogP contribution is 2.25. The number of halogens is 1. The summed E-state index contributed by atoms with van der Waals surface area (Å²) in [7, 11) is 0. The number of para-hydroxylation sites is 1. The van der Waals surface area contributed by atoms with Crippen molar-refractivity contribution in [3.05, 3.63) is 58.1 Å². The molecule has 4 nitrogen and oxygen atoms in total. The van der Waals surface area contributed by atoms with Gasteiger partial charge in [0, 0.05) is 9.89 Å². The van der Waals surface area contributed by atoms with E-state index in [0.717, 1.165) is 27.9 Å². The molecule has 2 aromatic rings. The van der Waals surface area contributed by atoms with E-state index in [4.69, 9.17) is 17.0 Å². The quantitative estimate of drug-likeness (QED) is 0.405. The molecule has 0 heterocycles. The molecule has 0 bridgehead atoms. The first-order chi connectivity index (χ1) is 13.2. The predicted molar refractivity (Wildman–Crippen MR) is 123 cm³/mol. The molecule has 2 aromatic carbocycles. The van der Waals surface area contributed by atoms with Crippen LogP contribution >= 0.6 is 28.1 Å². The van der Waals surface area contributed by atoms with Crippen LogP contribution in [0.5, 0.6) is 5.75 Å². The summed E-state index contributed by atoms with van der Waals surface area (Å²) in [5.74, 6) is 0.796. The Labute approximate surface area is 181 Å². The van der Waals surface area contributed by atoms with E-state index in [1.54, 1.807) is 0 Å². The summed E-state index contributed by atoms with van der Waals surface area (Å²) in [6.07, 6.45) is 1.47. The van der Waals surface area contributed by atoms with Gasteiger partial charge in [0.2, 0.25) is 5.91 Å². The summed E-state index contributed by atoms with van der Waals surface area (Å²) in [4.78, 5) is 12.6. The van der Waals surface area contributed by atoms with Crippen molar-refractivity contribution in [3.8, 4) is 5.75 Å². The van der Waals surface area contributed by atoms with Gasteiger partial charge >= 0.3 is 0 Å². The summed E-state index contributed by atoms with van der Waals surface area (Å²) < 4.78 is 6.77.